The molecule has 2 rings (SSSR count). The molecule has 0 bridgehead atoms. The van der Waals surface area contributed by atoms with Crippen molar-refractivity contribution in [3.63, 3.8) is 0 Å². The zero-order valence-corrected chi connectivity index (χ0v) is 11.8. The standard InChI is InChI=1S/C16H19FN2O/c1-19(10-12-7-8-15(18)14(17)9-12)11-13-5-3-4-6-16(13)20-2/h3-9H,10-11,18H2,1-2H3. The Balaban J connectivity index is 2.05. The van der Waals surface area contributed by atoms with E-state index in [1.807, 2.05) is 37.4 Å². The average molecular weight is 274 g/mol. The molecule has 0 heterocycles. The number of methoxy groups -OCH3 is 1. The molecule has 20 heavy (non-hydrogen) atoms. The predicted octanol–water partition coefficient (Wildman–Crippen LogP) is 3.05. The first-order valence-electron chi connectivity index (χ1n) is 6.44. The number of para-hydroxylation sites is 1. The van der Waals surface area contributed by atoms with E-state index in [0.29, 0.717) is 6.54 Å². The fraction of sp³-hybridized carbons (Fsp3) is 0.250. The van der Waals surface area contributed by atoms with Gasteiger partial charge in [-0.05, 0) is 30.8 Å². The summed E-state index contributed by atoms with van der Waals surface area (Å²) in [5, 5.41) is 0. The summed E-state index contributed by atoms with van der Waals surface area (Å²) in [6.07, 6.45) is 0. The molecular weight excluding hydrogens is 255 g/mol. The largest absolute Gasteiger partial charge is 0.496 e. The summed E-state index contributed by atoms with van der Waals surface area (Å²) in [6, 6.07) is 12.8. The first kappa shape index (κ1) is 14.3. The molecule has 2 N–H and O–H groups in total. The van der Waals surface area contributed by atoms with Crippen LogP contribution in [0.4, 0.5) is 10.1 Å². The molecule has 4 heteroatoms. The van der Waals surface area contributed by atoms with Crippen molar-refractivity contribution < 1.29 is 9.13 Å². The van der Waals surface area contributed by atoms with Gasteiger partial charge in [0.05, 0.1) is 12.8 Å². The van der Waals surface area contributed by atoms with Crippen molar-refractivity contribution in [1.82, 2.24) is 4.90 Å². The molecule has 0 radical (unpaired) electrons. The lowest BCUT2D eigenvalue weighted by atomic mass is 10.1. The van der Waals surface area contributed by atoms with Gasteiger partial charge in [-0.3, -0.25) is 4.90 Å². The van der Waals surface area contributed by atoms with Gasteiger partial charge >= 0.3 is 0 Å². The minimum absolute atomic E-state index is 0.182. The Morgan fingerprint density at radius 3 is 2.60 bits per heavy atom. The zero-order valence-electron chi connectivity index (χ0n) is 11.8. The molecule has 0 amide bonds. The number of nitrogen functional groups attached to an aromatic ring is 1. The second kappa shape index (κ2) is 6.39. The van der Waals surface area contributed by atoms with Crippen LogP contribution >= 0.6 is 0 Å². The van der Waals surface area contributed by atoms with Crippen LogP contribution < -0.4 is 10.5 Å². The number of benzene rings is 2. The van der Waals surface area contributed by atoms with Crippen molar-refractivity contribution in [3.8, 4) is 5.75 Å². The van der Waals surface area contributed by atoms with Crippen LogP contribution in [0.5, 0.6) is 5.75 Å². The Morgan fingerprint density at radius 1 is 1.15 bits per heavy atom. The van der Waals surface area contributed by atoms with Gasteiger partial charge < -0.3 is 10.5 Å². The SMILES string of the molecule is COc1ccccc1CN(C)Cc1ccc(N)c(F)c1. The molecule has 0 fully saturated rings. The maximum Gasteiger partial charge on any atom is 0.146 e. The monoisotopic (exact) mass is 274 g/mol. The molecule has 3 nitrogen and oxygen atoms in total. The Morgan fingerprint density at radius 2 is 1.90 bits per heavy atom. The third-order valence-corrected chi connectivity index (χ3v) is 3.15. The summed E-state index contributed by atoms with van der Waals surface area (Å²) in [4.78, 5) is 2.10. The number of hydrogen-bond donors (Lipinski definition) is 1. The molecule has 0 atom stereocenters. The van der Waals surface area contributed by atoms with E-state index < -0.39 is 0 Å². The van der Waals surface area contributed by atoms with Crippen LogP contribution in [-0.4, -0.2) is 19.1 Å². The van der Waals surface area contributed by atoms with Crippen LogP contribution in [0.15, 0.2) is 42.5 Å². The molecule has 0 aliphatic heterocycles. The lowest BCUT2D eigenvalue weighted by Crippen LogP contribution is -2.17. The van der Waals surface area contributed by atoms with E-state index in [-0.39, 0.29) is 11.5 Å². The van der Waals surface area contributed by atoms with Crippen molar-refractivity contribution in [2.45, 2.75) is 13.1 Å². The fourth-order valence-corrected chi connectivity index (χ4v) is 2.16. The normalized spacial score (nSPS) is 10.8. The van der Waals surface area contributed by atoms with E-state index in [1.54, 1.807) is 13.2 Å². The van der Waals surface area contributed by atoms with E-state index in [2.05, 4.69) is 4.90 Å². The molecule has 2 aromatic rings. The van der Waals surface area contributed by atoms with Gasteiger partial charge in [0.15, 0.2) is 0 Å². The van der Waals surface area contributed by atoms with Crippen LogP contribution in [0, 0.1) is 5.82 Å². The summed E-state index contributed by atoms with van der Waals surface area (Å²) in [5.41, 5.74) is 7.66. The minimum Gasteiger partial charge on any atom is -0.496 e. The first-order chi connectivity index (χ1) is 9.60. The number of halogens is 1. The minimum atomic E-state index is -0.367. The molecule has 0 unspecified atom stereocenters. The van der Waals surface area contributed by atoms with E-state index in [0.717, 1.165) is 23.4 Å². The second-order valence-corrected chi connectivity index (χ2v) is 4.84. The quantitative estimate of drug-likeness (QED) is 0.852. The van der Waals surface area contributed by atoms with Gasteiger partial charge in [-0.25, -0.2) is 4.39 Å². The lowest BCUT2D eigenvalue weighted by molar-refractivity contribution is 0.309. The molecule has 0 saturated carbocycles. The van der Waals surface area contributed by atoms with E-state index in [4.69, 9.17) is 10.5 Å². The van der Waals surface area contributed by atoms with Crippen LogP contribution in [0.3, 0.4) is 0 Å². The summed E-state index contributed by atoms with van der Waals surface area (Å²) < 4.78 is 18.7. The summed E-state index contributed by atoms with van der Waals surface area (Å²) in [7, 11) is 3.65. The highest BCUT2D eigenvalue weighted by molar-refractivity contribution is 5.41. The van der Waals surface area contributed by atoms with Gasteiger partial charge in [-0.15, -0.1) is 0 Å². The molecule has 0 aliphatic carbocycles. The van der Waals surface area contributed by atoms with Gasteiger partial charge in [-0.1, -0.05) is 24.3 Å². The lowest BCUT2D eigenvalue weighted by Gasteiger charge is -2.18. The van der Waals surface area contributed by atoms with Crippen molar-refractivity contribution in [3.05, 3.63) is 59.4 Å². The Labute approximate surface area is 118 Å². The van der Waals surface area contributed by atoms with Crippen molar-refractivity contribution in [2.24, 2.45) is 0 Å². The van der Waals surface area contributed by atoms with Crippen molar-refractivity contribution >= 4 is 5.69 Å². The molecule has 0 saturated heterocycles. The summed E-state index contributed by atoms with van der Waals surface area (Å²) in [6.45, 7) is 1.38. The third kappa shape index (κ3) is 3.48. The maximum absolute atomic E-state index is 13.4. The predicted molar refractivity (Wildman–Crippen MR) is 79.0 cm³/mol. The first-order valence-corrected chi connectivity index (χ1v) is 6.44. The molecule has 2 aromatic carbocycles. The number of hydrogen-bond acceptors (Lipinski definition) is 3. The maximum atomic E-state index is 13.4. The van der Waals surface area contributed by atoms with Gasteiger partial charge in [0, 0.05) is 18.7 Å². The van der Waals surface area contributed by atoms with Crippen LogP contribution in [0.2, 0.25) is 0 Å². The van der Waals surface area contributed by atoms with Crippen LogP contribution in [-0.2, 0) is 13.1 Å². The number of nitrogens with two attached hydrogens (primary N) is 1. The highest BCUT2D eigenvalue weighted by Crippen LogP contribution is 2.20. The average Bonchev–Trinajstić information content (AvgIpc) is 2.43. The number of ether oxygens (including phenoxy) is 1. The van der Waals surface area contributed by atoms with Gasteiger partial charge in [-0.2, -0.15) is 0 Å². The zero-order chi connectivity index (χ0) is 14.5. The topological polar surface area (TPSA) is 38.5 Å². The second-order valence-electron chi connectivity index (χ2n) is 4.84. The summed E-state index contributed by atoms with van der Waals surface area (Å²) in [5.74, 6) is 0.496. The smallest absolute Gasteiger partial charge is 0.146 e. The molecule has 0 aliphatic rings. The Hall–Kier alpha value is -2.07. The Kier molecular flexibility index (Phi) is 4.58. The fourth-order valence-electron chi connectivity index (χ4n) is 2.16. The van der Waals surface area contributed by atoms with Crippen LogP contribution in [0.1, 0.15) is 11.1 Å². The van der Waals surface area contributed by atoms with Crippen molar-refractivity contribution in [1.29, 1.82) is 0 Å². The van der Waals surface area contributed by atoms with E-state index in [1.165, 1.54) is 6.07 Å². The highest BCUT2D eigenvalue weighted by Gasteiger charge is 2.07. The molecule has 0 spiro atoms. The number of nitrogens with zero attached hydrogens (tertiary/aromatic N) is 1. The summed E-state index contributed by atoms with van der Waals surface area (Å²) >= 11 is 0. The van der Waals surface area contributed by atoms with E-state index >= 15 is 0 Å². The van der Waals surface area contributed by atoms with Crippen LogP contribution in [0.25, 0.3) is 0 Å². The highest BCUT2D eigenvalue weighted by atomic mass is 19.1. The molecular formula is C16H19FN2O. The van der Waals surface area contributed by atoms with Crippen molar-refractivity contribution in [2.75, 3.05) is 19.9 Å². The molecule has 0 aromatic heterocycles. The number of rotatable bonds is 5. The van der Waals surface area contributed by atoms with Gasteiger partial charge in [0.1, 0.15) is 11.6 Å². The van der Waals surface area contributed by atoms with Gasteiger partial charge in [0.2, 0.25) is 0 Å². The van der Waals surface area contributed by atoms with Gasteiger partial charge in [0.25, 0.3) is 0 Å². The van der Waals surface area contributed by atoms with E-state index in [9.17, 15) is 4.39 Å². The Bertz CT molecular complexity index is 586. The third-order valence-electron chi connectivity index (χ3n) is 3.15. The number of anilines is 1. The molecule has 106 valence electrons.